The van der Waals surface area contributed by atoms with Crippen LogP contribution in [0.2, 0.25) is 0 Å². The molecule has 0 saturated heterocycles. The number of anilines is 1. The number of hydrogen-bond acceptors (Lipinski definition) is 3. The van der Waals surface area contributed by atoms with Crippen LogP contribution in [0.25, 0.3) is 5.69 Å². The van der Waals surface area contributed by atoms with Gasteiger partial charge in [-0.2, -0.15) is 18.3 Å². The van der Waals surface area contributed by atoms with Crippen LogP contribution in [0.15, 0.2) is 30.3 Å². The zero-order chi connectivity index (χ0) is 17.0. The third-order valence-electron chi connectivity index (χ3n) is 2.91. The summed E-state index contributed by atoms with van der Waals surface area (Å²) in [5, 5.41) is 6.87. The minimum absolute atomic E-state index is 0.444. The highest BCUT2D eigenvalue weighted by atomic mass is 19.4. The van der Waals surface area contributed by atoms with Gasteiger partial charge in [0.2, 0.25) is 5.91 Å². The molecule has 1 aromatic carbocycles. The molecular weight excluding hydrogens is 311 g/mol. The number of halogens is 3. The second-order valence-corrected chi connectivity index (χ2v) is 5.01. The van der Waals surface area contributed by atoms with Crippen LogP contribution in [-0.2, 0) is 9.53 Å². The van der Waals surface area contributed by atoms with Crippen LogP contribution < -0.4 is 5.32 Å². The number of rotatable bonds is 5. The SMILES string of the molecule is Cc1cc(C)n(-c2ccccc2NC(=O)COCC(F)(F)F)n1. The molecule has 0 saturated carbocycles. The highest BCUT2D eigenvalue weighted by Crippen LogP contribution is 2.21. The molecule has 1 aromatic heterocycles. The highest BCUT2D eigenvalue weighted by molar-refractivity contribution is 5.93. The molecule has 124 valence electrons. The molecule has 5 nitrogen and oxygen atoms in total. The topological polar surface area (TPSA) is 56.2 Å². The number of nitrogens with zero attached hydrogens (tertiary/aromatic N) is 2. The summed E-state index contributed by atoms with van der Waals surface area (Å²) < 4.78 is 42.0. The van der Waals surface area contributed by atoms with Crippen molar-refractivity contribution in [3.8, 4) is 5.69 Å². The number of benzene rings is 1. The van der Waals surface area contributed by atoms with E-state index in [0.717, 1.165) is 11.4 Å². The number of hydrogen-bond donors (Lipinski definition) is 1. The van der Waals surface area contributed by atoms with Gasteiger partial charge in [0.15, 0.2) is 0 Å². The van der Waals surface area contributed by atoms with Gasteiger partial charge in [-0.3, -0.25) is 4.79 Å². The van der Waals surface area contributed by atoms with Crippen molar-refractivity contribution in [3.63, 3.8) is 0 Å². The summed E-state index contributed by atoms with van der Waals surface area (Å²) in [4.78, 5) is 11.7. The molecule has 0 aliphatic rings. The van der Waals surface area contributed by atoms with Crippen molar-refractivity contribution in [1.82, 2.24) is 9.78 Å². The van der Waals surface area contributed by atoms with Gasteiger partial charge in [0.05, 0.1) is 17.1 Å². The fourth-order valence-electron chi connectivity index (χ4n) is 2.08. The van der Waals surface area contributed by atoms with Gasteiger partial charge in [-0.1, -0.05) is 12.1 Å². The summed E-state index contributed by atoms with van der Waals surface area (Å²) in [5.74, 6) is -0.664. The van der Waals surface area contributed by atoms with Crippen molar-refractivity contribution >= 4 is 11.6 Å². The van der Waals surface area contributed by atoms with Crippen LogP contribution in [0, 0.1) is 13.8 Å². The Morgan fingerprint density at radius 3 is 2.61 bits per heavy atom. The summed E-state index contributed by atoms with van der Waals surface area (Å²) in [7, 11) is 0. The summed E-state index contributed by atoms with van der Waals surface area (Å²) >= 11 is 0. The van der Waals surface area contributed by atoms with Crippen LogP contribution in [0.3, 0.4) is 0 Å². The van der Waals surface area contributed by atoms with Gasteiger partial charge in [-0.15, -0.1) is 0 Å². The second-order valence-electron chi connectivity index (χ2n) is 5.01. The predicted molar refractivity (Wildman–Crippen MR) is 78.5 cm³/mol. The first-order chi connectivity index (χ1) is 10.8. The maximum atomic E-state index is 12.0. The van der Waals surface area contributed by atoms with E-state index in [4.69, 9.17) is 0 Å². The number of amides is 1. The highest BCUT2D eigenvalue weighted by Gasteiger charge is 2.27. The lowest BCUT2D eigenvalue weighted by Crippen LogP contribution is -2.24. The first kappa shape index (κ1) is 17.0. The maximum Gasteiger partial charge on any atom is 0.411 e. The van der Waals surface area contributed by atoms with Crippen molar-refractivity contribution in [2.75, 3.05) is 18.5 Å². The molecule has 0 aliphatic heterocycles. The molecule has 8 heteroatoms. The van der Waals surface area contributed by atoms with E-state index in [-0.39, 0.29) is 0 Å². The number of ether oxygens (including phenoxy) is 1. The summed E-state index contributed by atoms with van der Waals surface area (Å²) in [6.07, 6.45) is -4.46. The molecule has 23 heavy (non-hydrogen) atoms. The van der Waals surface area contributed by atoms with Crippen molar-refractivity contribution in [1.29, 1.82) is 0 Å². The molecular formula is C15H16F3N3O2. The Hall–Kier alpha value is -2.35. The van der Waals surface area contributed by atoms with Crippen LogP contribution in [-0.4, -0.2) is 35.1 Å². The Morgan fingerprint density at radius 2 is 2.00 bits per heavy atom. The van der Waals surface area contributed by atoms with E-state index in [0.29, 0.717) is 11.4 Å². The monoisotopic (exact) mass is 327 g/mol. The van der Waals surface area contributed by atoms with Crippen LogP contribution >= 0.6 is 0 Å². The molecule has 0 aliphatic carbocycles. The molecule has 2 rings (SSSR count). The van der Waals surface area contributed by atoms with Crippen molar-refractivity contribution in [2.45, 2.75) is 20.0 Å². The van der Waals surface area contributed by atoms with Gasteiger partial charge < -0.3 is 10.1 Å². The van der Waals surface area contributed by atoms with Crippen molar-refractivity contribution in [3.05, 3.63) is 41.7 Å². The normalized spacial score (nSPS) is 11.5. The first-order valence-electron chi connectivity index (χ1n) is 6.83. The molecule has 1 heterocycles. The summed E-state index contributed by atoms with van der Waals surface area (Å²) in [5.41, 5.74) is 2.76. The minimum Gasteiger partial charge on any atom is -0.362 e. The average molecular weight is 327 g/mol. The van der Waals surface area contributed by atoms with E-state index in [9.17, 15) is 18.0 Å². The fraction of sp³-hybridized carbons (Fsp3) is 0.333. The second kappa shape index (κ2) is 6.82. The fourth-order valence-corrected chi connectivity index (χ4v) is 2.08. The molecule has 0 bridgehead atoms. The van der Waals surface area contributed by atoms with E-state index < -0.39 is 25.3 Å². The number of alkyl halides is 3. The number of aromatic nitrogens is 2. The van der Waals surface area contributed by atoms with Crippen molar-refractivity contribution < 1.29 is 22.7 Å². The van der Waals surface area contributed by atoms with Gasteiger partial charge in [-0.25, -0.2) is 4.68 Å². The third-order valence-corrected chi connectivity index (χ3v) is 2.91. The van der Waals surface area contributed by atoms with Crippen LogP contribution in [0.1, 0.15) is 11.4 Å². The Morgan fingerprint density at radius 1 is 1.30 bits per heavy atom. The molecule has 1 amide bonds. The zero-order valence-electron chi connectivity index (χ0n) is 12.6. The third kappa shape index (κ3) is 4.82. The predicted octanol–water partition coefficient (Wildman–Crippen LogP) is 3.01. The molecule has 1 N–H and O–H groups in total. The Kier molecular flexibility index (Phi) is 5.05. The Bertz CT molecular complexity index is 696. The largest absolute Gasteiger partial charge is 0.411 e. The van der Waals surface area contributed by atoms with Gasteiger partial charge in [-0.05, 0) is 32.0 Å². The smallest absolute Gasteiger partial charge is 0.362 e. The number of carbonyl (C=O) groups excluding carboxylic acids is 1. The zero-order valence-corrected chi connectivity index (χ0v) is 12.6. The summed E-state index contributed by atoms with van der Waals surface area (Å²) in [6.45, 7) is 1.57. The van der Waals surface area contributed by atoms with E-state index >= 15 is 0 Å². The van der Waals surface area contributed by atoms with Crippen LogP contribution in [0.4, 0.5) is 18.9 Å². The minimum atomic E-state index is -4.46. The van der Waals surface area contributed by atoms with Crippen LogP contribution in [0.5, 0.6) is 0 Å². The quantitative estimate of drug-likeness (QED) is 0.918. The Balaban J connectivity index is 2.09. The molecule has 0 spiro atoms. The van der Waals surface area contributed by atoms with E-state index in [2.05, 4.69) is 15.2 Å². The number of aryl methyl sites for hydroxylation is 2. The molecule has 0 radical (unpaired) electrons. The first-order valence-corrected chi connectivity index (χ1v) is 6.83. The van der Waals surface area contributed by atoms with Gasteiger partial charge in [0.1, 0.15) is 13.2 Å². The van der Waals surface area contributed by atoms with Crippen molar-refractivity contribution in [2.24, 2.45) is 0 Å². The maximum absolute atomic E-state index is 12.0. The molecule has 0 atom stereocenters. The lowest BCUT2D eigenvalue weighted by atomic mass is 10.2. The number of para-hydroxylation sites is 2. The van der Waals surface area contributed by atoms with Gasteiger partial charge >= 0.3 is 6.18 Å². The lowest BCUT2D eigenvalue weighted by molar-refractivity contribution is -0.174. The lowest BCUT2D eigenvalue weighted by Gasteiger charge is -2.13. The number of nitrogens with one attached hydrogen (secondary N) is 1. The number of carbonyl (C=O) groups is 1. The molecule has 2 aromatic rings. The van der Waals surface area contributed by atoms with Gasteiger partial charge in [0, 0.05) is 5.69 Å². The van der Waals surface area contributed by atoms with E-state index in [1.54, 1.807) is 28.9 Å². The van der Waals surface area contributed by atoms with Gasteiger partial charge in [0.25, 0.3) is 0 Å². The van der Waals surface area contributed by atoms with E-state index in [1.165, 1.54) is 0 Å². The average Bonchev–Trinajstić information content (AvgIpc) is 2.76. The Labute approximate surface area is 131 Å². The van der Waals surface area contributed by atoms with E-state index in [1.807, 2.05) is 19.9 Å². The standard InChI is InChI=1S/C15H16F3N3O2/c1-10-7-11(2)21(20-10)13-6-4-3-5-12(13)19-14(22)8-23-9-15(16,17)18/h3-7H,8-9H2,1-2H3,(H,19,22). The molecule has 0 unspecified atom stereocenters. The summed E-state index contributed by atoms with van der Waals surface area (Å²) in [6, 6.07) is 8.77. The molecule has 0 fully saturated rings.